The van der Waals surface area contributed by atoms with Gasteiger partial charge in [-0.15, -0.1) is 17.1 Å². The van der Waals surface area contributed by atoms with Crippen LogP contribution in [0.1, 0.15) is 69.9 Å². The first-order valence-corrected chi connectivity index (χ1v) is 24.9. The Morgan fingerprint density at radius 2 is 1.66 bits per heavy atom. The normalized spacial score (nSPS) is 17.9. The van der Waals surface area contributed by atoms with E-state index in [4.69, 9.17) is 30.4 Å². The van der Waals surface area contributed by atoms with Crippen LogP contribution in [-0.2, 0) is 37.8 Å². The number of nitrogens with zero attached hydrogens (tertiary/aromatic N) is 10. The minimum Gasteiger partial charge on any atom is -1.00 e. The lowest BCUT2D eigenvalue weighted by atomic mass is 9.87. The fourth-order valence-electron chi connectivity index (χ4n) is 9.46. The minimum atomic E-state index is -1.24. The van der Waals surface area contributed by atoms with E-state index in [2.05, 4.69) is 25.0 Å². The summed E-state index contributed by atoms with van der Waals surface area (Å²) in [5.74, 6) is -1.32. The highest BCUT2D eigenvalue weighted by Gasteiger charge is 2.46. The summed E-state index contributed by atoms with van der Waals surface area (Å²) in [4.78, 5) is 49.1. The molecule has 1 unspecified atom stereocenters. The molecule has 20 nitrogen and oxygen atoms in total. The second-order valence-corrected chi connectivity index (χ2v) is 18.8. The molecule has 2 aliphatic heterocycles. The van der Waals surface area contributed by atoms with Crippen molar-refractivity contribution in [2.24, 2.45) is 17.4 Å². The summed E-state index contributed by atoms with van der Waals surface area (Å²) in [6.07, 6.45) is 5.65. The molecular formula is C52H66BrClF2N12O8. The Morgan fingerprint density at radius 3 is 2.30 bits per heavy atom. The first-order valence-electron chi connectivity index (χ1n) is 24.9. The first-order chi connectivity index (χ1) is 35.7. The molecule has 6 aromatic rings. The second-order valence-electron chi connectivity index (χ2n) is 18.8. The third-order valence-corrected chi connectivity index (χ3v) is 13.6. The van der Waals surface area contributed by atoms with Crippen molar-refractivity contribution in [1.82, 2.24) is 29.1 Å². The van der Waals surface area contributed by atoms with Gasteiger partial charge in [0.05, 0.1) is 31.0 Å². The molecule has 3 aromatic heterocycles. The van der Waals surface area contributed by atoms with Gasteiger partial charge in [-0.2, -0.15) is 9.67 Å². The lowest BCUT2D eigenvalue weighted by Gasteiger charge is -2.37. The number of hydrogen-bond donors (Lipinski definition) is 3. The van der Waals surface area contributed by atoms with E-state index in [0.29, 0.717) is 49.2 Å². The number of anilines is 3. The van der Waals surface area contributed by atoms with Gasteiger partial charge in [0.15, 0.2) is 0 Å². The molecule has 1 amide bonds. The number of carbonyl (C=O) groups excluding carboxylic acids is 2. The van der Waals surface area contributed by atoms with E-state index >= 15 is 4.39 Å². The van der Waals surface area contributed by atoms with E-state index in [0.717, 1.165) is 43.6 Å². The molecule has 0 aliphatic carbocycles. The standard InChI is InChI=1S/C52H65F2N12O8.BrH.ClH/c1-5-47(35(2)67)66-50(69)65(33-59-66)42-13-11-40(12-14-42)61-22-24-62(25-23-61)41-15-17-43(18-16-41)71-28-37-27-52(73-29-37,44-19-10-39(53)26-45(44)54)31-64-34-63(32-58-64)36(3)74-51(70)60(4)48-38(8-7-21-57-48)30-72-49(68)46(56)9-6-20-55;;/h7-8,10-19,21,26,32-37,46-47,67H,5-6,9,20,22-25,27-31,55-56H2,1-4H3;2*1H/q+1;;/p-1/t35-,36?,37+,46-,47-,52-;;/m0../s1. The van der Waals surface area contributed by atoms with Gasteiger partial charge in [-0.25, -0.2) is 32.6 Å². The molecule has 2 fully saturated rings. The van der Waals surface area contributed by atoms with Crippen LogP contribution >= 0.6 is 12.4 Å². The third kappa shape index (κ3) is 13.7. The lowest BCUT2D eigenvalue weighted by Crippen LogP contribution is -3.00. The molecule has 3 aromatic carbocycles. The van der Waals surface area contributed by atoms with Crippen LogP contribution in [0.15, 0.2) is 109 Å². The van der Waals surface area contributed by atoms with Gasteiger partial charge in [0.2, 0.25) is 12.6 Å². The highest BCUT2D eigenvalue weighted by atomic mass is 79.9. The molecule has 2 saturated heterocycles. The molecule has 410 valence electrons. The number of amides is 1. The van der Waals surface area contributed by atoms with E-state index in [-0.39, 0.29) is 78.7 Å². The Kier molecular flexibility index (Phi) is 20.5. The van der Waals surface area contributed by atoms with Gasteiger partial charge >= 0.3 is 17.8 Å². The fraction of sp³-hybridized carbons (Fsp3) is 0.442. The van der Waals surface area contributed by atoms with Crippen molar-refractivity contribution < 1.29 is 64.0 Å². The zero-order valence-electron chi connectivity index (χ0n) is 42.9. The molecule has 24 heteroatoms. The summed E-state index contributed by atoms with van der Waals surface area (Å²) in [6.45, 7) is 9.22. The average Bonchev–Trinajstić information content (AvgIpc) is 4.16. The van der Waals surface area contributed by atoms with Crippen LogP contribution in [-0.4, -0.2) is 111 Å². The molecular weight excluding hydrogens is 1070 g/mol. The quantitative estimate of drug-likeness (QED) is 0.0694. The predicted molar refractivity (Wildman–Crippen MR) is 277 cm³/mol. The number of aliphatic hydroxyl groups is 1. The van der Waals surface area contributed by atoms with Crippen molar-refractivity contribution in [1.29, 1.82) is 0 Å². The van der Waals surface area contributed by atoms with Gasteiger partial charge in [0, 0.05) is 85.9 Å². The van der Waals surface area contributed by atoms with Crippen LogP contribution in [0.5, 0.6) is 5.75 Å². The van der Waals surface area contributed by atoms with Gasteiger partial charge in [-0.1, -0.05) is 19.1 Å². The van der Waals surface area contributed by atoms with Crippen molar-refractivity contribution in [2.45, 2.75) is 89.6 Å². The van der Waals surface area contributed by atoms with Crippen molar-refractivity contribution >= 4 is 41.7 Å². The number of ether oxygens (including phenoxy) is 4. The van der Waals surface area contributed by atoms with Crippen LogP contribution in [0.25, 0.3) is 5.69 Å². The molecule has 0 spiro atoms. The number of benzene rings is 3. The number of hydrogen-bond acceptors (Lipinski definition) is 15. The number of rotatable bonds is 21. The summed E-state index contributed by atoms with van der Waals surface area (Å²) in [6, 6.07) is 21.3. The largest absolute Gasteiger partial charge is 1.00 e. The van der Waals surface area contributed by atoms with Crippen molar-refractivity contribution in [2.75, 3.05) is 67.7 Å². The van der Waals surface area contributed by atoms with Crippen LogP contribution in [0.4, 0.5) is 30.8 Å². The van der Waals surface area contributed by atoms with Crippen LogP contribution in [0.2, 0.25) is 0 Å². The zero-order chi connectivity index (χ0) is 52.5. The van der Waals surface area contributed by atoms with Crippen molar-refractivity contribution in [3.8, 4) is 11.4 Å². The van der Waals surface area contributed by atoms with Gasteiger partial charge in [-0.3, -0.25) is 9.69 Å². The van der Waals surface area contributed by atoms with Crippen LogP contribution < -0.4 is 58.1 Å². The Labute approximate surface area is 456 Å². The molecule has 5 N–H and O–H groups in total. The highest BCUT2D eigenvalue weighted by molar-refractivity contribution is 5.86. The maximum Gasteiger partial charge on any atom is 0.418 e. The smallest absolute Gasteiger partial charge is 0.418 e. The Hall–Kier alpha value is -6.50. The van der Waals surface area contributed by atoms with E-state index in [1.54, 1.807) is 41.6 Å². The zero-order valence-corrected chi connectivity index (χ0v) is 45.3. The minimum absolute atomic E-state index is 0. The molecule has 6 atom stereocenters. The predicted octanol–water partition coefficient (Wildman–Crippen LogP) is 2.19. The summed E-state index contributed by atoms with van der Waals surface area (Å²) < 4.78 is 59.7. The molecule has 0 saturated carbocycles. The first kappa shape index (κ1) is 58.8. The molecule has 76 heavy (non-hydrogen) atoms. The molecule has 2 aliphatic rings. The van der Waals surface area contributed by atoms with Gasteiger partial charge < -0.3 is 62.3 Å². The topological polar surface area (TPSA) is 227 Å². The lowest BCUT2D eigenvalue weighted by molar-refractivity contribution is -0.753. The highest BCUT2D eigenvalue weighted by Crippen LogP contribution is 2.42. The Bertz CT molecular complexity index is 2910. The fourth-order valence-corrected chi connectivity index (χ4v) is 9.46. The molecule has 5 heterocycles. The van der Waals surface area contributed by atoms with E-state index in [1.165, 1.54) is 52.2 Å². The van der Waals surface area contributed by atoms with Crippen molar-refractivity contribution in [3.63, 3.8) is 0 Å². The summed E-state index contributed by atoms with van der Waals surface area (Å²) in [5, 5.41) is 18.9. The molecule has 0 bridgehead atoms. The third-order valence-electron chi connectivity index (χ3n) is 13.6. The van der Waals surface area contributed by atoms with E-state index in [9.17, 15) is 23.9 Å². The number of aliphatic hydroxyl groups excluding tert-OH is 1. The summed E-state index contributed by atoms with van der Waals surface area (Å²) >= 11 is 0. The summed E-state index contributed by atoms with van der Waals surface area (Å²) in [7, 11) is 1.48. The van der Waals surface area contributed by atoms with Gasteiger partial charge in [-0.05, 0) is 99.8 Å². The Morgan fingerprint density at radius 1 is 0.987 bits per heavy atom. The number of aromatic nitrogens is 7. The van der Waals surface area contributed by atoms with Gasteiger partial charge in [0.1, 0.15) is 54.3 Å². The maximum absolute atomic E-state index is 15.6. The maximum atomic E-state index is 15.6. The number of pyridine rings is 1. The van der Waals surface area contributed by atoms with E-state index in [1.807, 2.05) is 55.5 Å². The molecule has 0 radical (unpaired) electrons. The summed E-state index contributed by atoms with van der Waals surface area (Å²) in [5.41, 5.74) is 13.4. The average molecular weight is 1140 g/mol. The number of halogens is 4. The Balaban J connectivity index is 0.00000469. The van der Waals surface area contributed by atoms with Crippen LogP contribution in [0.3, 0.4) is 0 Å². The molecule has 8 rings (SSSR count). The monoisotopic (exact) mass is 1140 g/mol. The number of piperazine rings is 1. The number of nitrogens with two attached hydrogens (primary N) is 2. The second kappa shape index (κ2) is 26.5. The SMILES string of the molecule is CC[C@@H]([C@H](C)O)n1ncn(-c2ccc(N3CCN(c4ccc(OC[C@@H]5CO[C@@](Cn6c[n+](C(C)OC(=O)N(C)c7ncccc7COC(=O)[C@@H](N)CCCN)cn6)(c6ccc(F)cc6F)C5)cc4)CC3)cc2)c1=O.Cl.[Br-]. The van der Waals surface area contributed by atoms with Gasteiger partial charge in [0.25, 0.3) is 6.33 Å². The van der Waals surface area contributed by atoms with Crippen LogP contribution in [0, 0.1) is 17.6 Å². The van der Waals surface area contributed by atoms with E-state index < -0.39 is 53.7 Å². The van der Waals surface area contributed by atoms with Crippen molar-refractivity contribution in [3.05, 3.63) is 137 Å². The number of esters is 1. The number of carbonyl (C=O) groups is 2.